The Labute approximate surface area is 171 Å². The number of nitrogens with one attached hydrogen (secondary N) is 1. The second-order valence-corrected chi connectivity index (χ2v) is 6.96. The minimum Gasteiger partial charge on any atom is -0.497 e. The number of aryl methyl sites for hydroxylation is 1. The van der Waals surface area contributed by atoms with Crippen LogP contribution in [0.3, 0.4) is 0 Å². The van der Waals surface area contributed by atoms with Gasteiger partial charge < -0.3 is 9.47 Å². The van der Waals surface area contributed by atoms with Crippen molar-refractivity contribution in [3.8, 4) is 17.0 Å². The van der Waals surface area contributed by atoms with Crippen LogP contribution in [0.15, 0.2) is 53.9 Å². The molecule has 0 saturated heterocycles. The van der Waals surface area contributed by atoms with Crippen LogP contribution in [0.1, 0.15) is 12.0 Å². The van der Waals surface area contributed by atoms with Gasteiger partial charge in [-0.25, -0.2) is 9.37 Å². The van der Waals surface area contributed by atoms with Gasteiger partial charge in [-0.05, 0) is 48.4 Å². The predicted molar refractivity (Wildman–Crippen MR) is 108 cm³/mol. The van der Waals surface area contributed by atoms with Gasteiger partial charge in [0.05, 0.1) is 12.8 Å². The first-order valence-electron chi connectivity index (χ1n) is 8.83. The highest BCUT2D eigenvalue weighted by molar-refractivity contribution is 7.14. The Morgan fingerprint density at radius 2 is 1.83 bits per heavy atom. The molecule has 29 heavy (non-hydrogen) atoms. The third kappa shape index (κ3) is 6.11. The van der Waals surface area contributed by atoms with Crippen LogP contribution in [-0.4, -0.2) is 30.6 Å². The highest BCUT2D eigenvalue weighted by Crippen LogP contribution is 2.25. The molecule has 150 valence electrons. The molecule has 0 aliphatic carbocycles. The molecule has 0 radical (unpaired) electrons. The number of hydrogen-bond donors (Lipinski definition) is 1. The summed E-state index contributed by atoms with van der Waals surface area (Å²) in [5.41, 5.74) is 2.35. The van der Waals surface area contributed by atoms with Gasteiger partial charge in [-0.3, -0.25) is 14.9 Å². The monoisotopic (exact) mass is 414 g/mol. The van der Waals surface area contributed by atoms with Gasteiger partial charge in [-0.2, -0.15) is 0 Å². The Morgan fingerprint density at radius 1 is 1.10 bits per heavy atom. The average Bonchev–Trinajstić information content (AvgIpc) is 3.20. The van der Waals surface area contributed by atoms with E-state index in [-0.39, 0.29) is 18.8 Å². The van der Waals surface area contributed by atoms with Crippen molar-refractivity contribution < 1.29 is 23.5 Å². The van der Waals surface area contributed by atoms with Crippen LogP contribution in [0.5, 0.6) is 5.75 Å². The number of ether oxygens (including phenoxy) is 2. The average molecular weight is 414 g/mol. The van der Waals surface area contributed by atoms with Crippen LogP contribution in [0.2, 0.25) is 0 Å². The van der Waals surface area contributed by atoms with E-state index in [2.05, 4.69) is 10.3 Å². The summed E-state index contributed by atoms with van der Waals surface area (Å²) in [7, 11) is 1.59. The van der Waals surface area contributed by atoms with Crippen molar-refractivity contribution in [2.24, 2.45) is 0 Å². The summed E-state index contributed by atoms with van der Waals surface area (Å²) in [5, 5.41) is 4.72. The lowest BCUT2D eigenvalue weighted by molar-refractivity contribution is -0.147. The molecular weight excluding hydrogens is 395 g/mol. The van der Waals surface area contributed by atoms with Gasteiger partial charge in [0.15, 0.2) is 11.7 Å². The summed E-state index contributed by atoms with van der Waals surface area (Å²) < 4.78 is 23.1. The van der Waals surface area contributed by atoms with Crippen molar-refractivity contribution in [3.05, 3.63) is 65.3 Å². The smallest absolute Gasteiger partial charge is 0.306 e. The van der Waals surface area contributed by atoms with Gasteiger partial charge in [0.25, 0.3) is 5.91 Å². The zero-order chi connectivity index (χ0) is 20.6. The van der Waals surface area contributed by atoms with E-state index in [4.69, 9.17) is 9.47 Å². The second kappa shape index (κ2) is 9.79. The summed E-state index contributed by atoms with van der Waals surface area (Å²) in [6, 6.07) is 13.3. The molecule has 0 aliphatic rings. The standard InChI is InChI=1S/C21H19FN2O4S/c1-27-17-9-2-14(3-10-17)4-11-20(26)28-12-19(25)24-21-23-18(13-29-21)15-5-7-16(22)8-6-15/h2-3,5-10,13H,4,11-12H2,1H3,(H,23,24,25). The molecule has 1 N–H and O–H groups in total. The molecule has 0 aliphatic heterocycles. The maximum Gasteiger partial charge on any atom is 0.306 e. The molecule has 1 amide bonds. The largest absolute Gasteiger partial charge is 0.497 e. The summed E-state index contributed by atoms with van der Waals surface area (Å²) in [6.45, 7) is -0.382. The maximum absolute atomic E-state index is 13.0. The predicted octanol–water partition coefficient (Wildman–Crippen LogP) is 4.07. The van der Waals surface area contributed by atoms with E-state index in [9.17, 15) is 14.0 Å². The zero-order valence-electron chi connectivity index (χ0n) is 15.7. The summed E-state index contributed by atoms with van der Waals surface area (Å²) in [6.07, 6.45) is 0.684. The maximum atomic E-state index is 13.0. The third-order valence-electron chi connectivity index (χ3n) is 4.03. The molecule has 2 aromatic carbocycles. The van der Waals surface area contributed by atoms with Crippen LogP contribution in [-0.2, 0) is 20.7 Å². The summed E-state index contributed by atoms with van der Waals surface area (Å²) in [5.74, 6) is -0.506. The molecule has 0 spiro atoms. The first-order chi connectivity index (χ1) is 14.0. The SMILES string of the molecule is COc1ccc(CCC(=O)OCC(=O)Nc2nc(-c3ccc(F)cc3)cs2)cc1. The molecular formula is C21H19FN2O4S. The number of aromatic nitrogens is 1. The van der Waals surface area contributed by atoms with Gasteiger partial charge in [-0.15, -0.1) is 11.3 Å². The lowest BCUT2D eigenvalue weighted by atomic mass is 10.1. The number of thiazole rings is 1. The molecule has 0 unspecified atom stereocenters. The van der Waals surface area contributed by atoms with Crippen molar-refractivity contribution in [2.75, 3.05) is 19.0 Å². The lowest BCUT2D eigenvalue weighted by Gasteiger charge is -2.05. The number of anilines is 1. The molecule has 1 heterocycles. The molecule has 3 rings (SSSR count). The van der Waals surface area contributed by atoms with E-state index < -0.39 is 11.9 Å². The van der Waals surface area contributed by atoms with Crippen LogP contribution in [0.25, 0.3) is 11.3 Å². The molecule has 0 saturated carbocycles. The number of nitrogens with zero attached hydrogens (tertiary/aromatic N) is 1. The van der Waals surface area contributed by atoms with Crippen molar-refractivity contribution in [3.63, 3.8) is 0 Å². The zero-order valence-corrected chi connectivity index (χ0v) is 16.5. The lowest BCUT2D eigenvalue weighted by Crippen LogP contribution is -2.21. The molecule has 6 nitrogen and oxygen atoms in total. The van der Waals surface area contributed by atoms with Crippen LogP contribution >= 0.6 is 11.3 Å². The van der Waals surface area contributed by atoms with Crippen molar-refractivity contribution in [1.29, 1.82) is 0 Å². The highest BCUT2D eigenvalue weighted by Gasteiger charge is 2.11. The minimum atomic E-state index is -0.470. The number of carbonyl (C=O) groups is 2. The first kappa shape index (κ1) is 20.5. The second-order valence-electron chi connectivity index (χ2n) is 6.10. The molecule has 3 aromatic rings. The van der Waals surface area contributed by atoms with E-state index in [1.165, 1.54) is 23.5 Å². The van der Waals surface area contributed by atoms with E-state index in [1.807, 2.05) is 24.3 Å². The Morgan fingerprint density at radius 3 is 2.52 bits per heavy atom. The van der Waals surface area contributed by atoms with E-state index >= 15 is 0 Å². The van der Waals surface area contributed by atoms with Crippen molar-refractivity contribution in [2.45, 2.75) is 12.8 Å². The Kier molecular flexibility index (Phi) is 6.91. The topological polar surface area (TPSA) is 77.5 Å². The first-order valence-corrected chi connectivity index (χ1v) is 9.71. The summed E-state index contributed by atoms with van der Waals surface area (Å²) >= 11 is 1.23. The number of amides is 1. The molecule has 0 atom stereocenters. The van der Waals surface area contributed by atoms with E-state index in [0.717, 1.165) is 16.9 Å². The van der Waals surface area contributed by atoms with Gasteiger partial charge in [0, 0.05) is 17.4 Å². The Bertz CT molecular complexity index is 971. The number of rotatable bonds is 8. The number of esters is 1. The fourth-order valence-corrected chi connectivity index (χ4v) is 3.23. The van der Waals surface area contributed by atoms with Crippen LogP contribution < -0.4 is 10.1 Å². The quantitative estimate of drug-likeness (QED) is 0.562. The molecule has 0 bridgehead atoms. The normalized spacial score (nSPS) is 10.4. The number of hydrogen-bond acceptors (Lipinski definition) is 6. The number of methoxy groups -OCH3 is 1. The molecule has 1 aromatic heterocycles. The Balaban J connectivity index is 1.42. The van der Waals surface area contributed by atoms with Gasteiger partial charge in [0.1, 0.15) is 11.6 Å². The van der Waals surface area contributed by atoms with Crippen molar-refractivity contribution >= 4 is 28.3 Å². The van der Waals surface area contributed by atoms with Gasteiger partial charge in [0.2, 0.25) is 0 Å². The number of carbonyl (C=O) groups excluding carboxylic acids is 2. The van der Waals surface area contributed by atoms with Crippen molar-refractivity contribution in [1.82, 2.24) is 4.98 Å². The fourth-order valence-electron chi connectivity index (χ4n) is 2.50. The van der Waals surface area contributed by atoms with Crippen LogP contribution in [0, 0.1) is 5.82 Å². The van der Waals surface area contributed by atoms with Crippen LogP contribution in [0.4, 0.5) is 9.52 Å². The summed E-state index contributed by atoms with van der Waals surface area (Å²) in [4.78, 5) is 28.1. The molecule has 8 heteroatoms. The number of benzene rings is 2. The van der Waals surface area contributed by atoms with Gasteiger partial charge in [-0.1, -0.05) is 12.1 Å². The minimum absolute atomic E-state index is 0.172. The van der Waals surface area contributed by atoms with E-state index in [0.29, 0.717) is 17.2 Å². The fraction of sp³-hybridized carbons (Fsp3) is 0.190. The Hall–Kier alpha value is -3.26. The van der Waals surface area contributed by atoms with E-state index in [1.54, 1.807) is 24.6 Å². The molecule has 0 fully saturated rings. The van der Waals surface area contributed by atoms with Gasteiger partial charge >= 0.3 is 5.97 Å². The highest BCUT2D eigenvalue weighted by atomic mass is 32.1. The third-order valence-corrected chi connectivity index (χ3v) is 4.79. The number of halogens is 1.